The zero-order valence-corrected chi connectivity index (χ0v) is 24.4. The minimum atomic E-state index is 0.0519. The third kappa shape index (κ3) is 3.05. The lowest BCUT2D eigenvalue weighted by atomic mass is 9.45. The molecule has 0 atom stereocenters. The molecule has 0 unspecified atom stereocenters. The number of hydrogen-bond donors (Lipinski definition) is 0. The molecular formula is C42H25BN2. The summed E-state index contributed by atoms with van der Waals surface area (Å²) >= 11 is 0. The first-order chi connectivity index (χ1) is 22.3. The van der Waals surface area contributed by atoms with E-state index in [1.807, 2.05) is 0 Å². The average molecular weight is 568 g/mol. The van der Waals surface area contributed by atoms with Gasteiger partial charge in [0.2, 0.25) is 0 Å². The molecule has 0 spiro atoms. The van der Waals surface area contributed by atoms with E-state index < -0.39 is 0 Å². The Morgan fingerprint density at radius 3 is 1.93 bits per heavy atom. The van der Waals surface area contributed by atoms with Crippen molar-refractivity contribution in [1.29, 1.82) is 0 Å². The third-order valence-corrected chi connectivity index (χ3v) is 10.3. The van der Waals surface area contributed by atoms with Gasteiger partial charge in [0.15, 0.2) is 0 Å². The number of nitrogens with zero attached hydrogens (tertiary/aromatic N) is 2. The van der Waals surface area contributed by atoms with Gasteiger partial charge in [-0.2, -0.15) is 0 Å². The van der Waals surface area contributed by atoms with Crippen LogP contribution >= 0.6 is 0 Å². The fourth-order valence-corrected chi connectivity index (χ4v) is 8.37. The van der Waals surface area contributed by atoms with Gasteiger partial charge in [-0.15, -0.1) is 0 Å². The quantitative estimate of drug-likeness (QED) is 0.141. The molecule has 9 aromatic rings. The molecule has 0 bridgehead atoms. The van der Waals surface area contributed by atoms with E-state index in [0.29, 0.717) is 0 Å². The molecule has 11 rings (SSSR count). The normalized spacial score (nSPS) is 13.2. The molecule has 0 aliphatic carbocycles. The van der Waals surface area contributed by atoms with Gasteiger partial charge >= 0.3 is 6.85 Å². The van der Waals surface area contributed by atoms with E-state index in [0.717, 1.165) is 0 Å². The Labute approximate surface area is 260 Å². The molecule has 2 aliphatic rings. The number of rotatable bonds is 1. The van der Waals surface area contributed by atoms with E-state index in [9.17, 15) is 0 Å². The van der Waals surface area contributed by atoms with Crippen LogP contribution in [0.1, 0.15) is 0 Å². The predicted molar refractivity (Wildman–Crippen MR) is 193 cm³/mol. The molecule has 1 aromatic heterocycles. The molecule has 0 radical (unpaired) electrons. The summed E-state index contributed by atoms with van der Waals surface area (Å²) in [5, 5.41) is 10.2. The van der Waals surface area contributed by atoms with Crippen molar-refractivity contribution in [2.45, 2.75) is 0 Å². The van der Waals surface area contributed by atoms with E-state index in [2.05, 4.69) is 161 Å². The van der Waals surface area contributed by atoms with Gasteiger partial charge in [-0.1, -0.05) is 109 Å². The number of aromatic nitrogens is 1. The first-order valence-electron chi connectivity index (χ1n) is 15.7. The largest absolute Gasteiger partial charge is 0.375 e. The van der Waals surface area contributed by atoms with Crippen molar-refractivity contribution in [3.05, 3.63) is 152 Å². The smallest absolute Gasteiger partial charge is 0.333 e. The molecule has 0 saturated carbocycles. The molecule has 206 valence electrons. The van der Waals surface area contributed by atoms with E-state index in [-0.39, 0.29) is 6.85 Å². The van der Waals surface area contributed by atoms with Crippen molar-refractivity contribution >= 4 is 89.0 Å². The standard InChI is InChI=1S/C42H25BN2/c1-2-12-29-23-32(20-19-26(29)9-1)44-39-18-8-14-34-36-16-7-15-35-33-13-5-6-17-38(33)45(42(35)36)43(41(34)39)37-24-30-21-27-10-3-4-11-28(27)22-31(30)25-40(37)44/h1-25H. The van der Waals surface area contributed by atoms with Gasteiger partial charge in [-0.3, -0.25) is 0 Å². The van der Waals surface area contributed by atoms with Crippen LogP contribution in [0.4, 0.5) is 17.1 Å². The highest BCUT2D eigenvalue weighted by atomic mass is 15.2. The van der Waals surface area contributed by atoms with Gasteiger partial charge in [0, 0.05) is 44.4 Å². The van der Waals surface area contributed by atoms with Crippen LogP contribution in [0.15, 0.2) is 152 Å². The predicted octanol–water partition coefficient (Wildman–Crippen LogP) is 9.67. The summed E-state index contributed by atoms with van der Waals surface area (Å²) in [4.78, 5) is 2.52. The monoisotopic (exact) mass is 568 g/mol. The summed E-state index contributed by atoms with van der Waals surface area (Å²) in [6, 6.07) is 56.6. The zero-order valence-electron chi connectivity index (χ0n) is 24.4. The summed E-state index contributed by atoms with van der Waals surface area (Å²) < 4.78 is 2.63. The summed E-state index contributed by atoms with van der Waals surface area (Å²) in [6.07, 6.45) is 0. The van der Waals surface area contributed by atoms with Crippen LogP contribution < -0.4 is 15.8 Å². The van der Waals surface area contributed by atoms with Crippen LogP contribution in [0.5, 0.6) is 0 Å². The summed E-state index contributed by atoms with van der Waals surface area (Å²) in [6.45, 7) is 0.0519. The van der Waals surface area contributed by atoms with Gasteiger partial charge < -0.3 is 9.38 Å². The second kappa shape index (κ2) is 8.43. The molecular weight excluding hydrogens is 543 g/mol. The van der Waals surface area contributed by atoms with Crippen LogP contribution in [0, 0.1) is 0 Å². The molecule has 3 heterocycles. The lowest BCUT2D eigenvalue weighted by molar-refractivity contribution is 1.26. The third-order valence-electron chi connectivity index (χ3n) is 10.3. The fraction of sp³-hybridized carbons (Fsp3) is 0. The molecule has 8 aromatic carbocycles. The van der Waals surface area contributed by atoms with Crippen LogP contribution in [-0.2, 0) is 0 Å². The highest BCUT2D eigenvalue weighted by Gasteiger charge is 2.42. The number of para-hydroxylation sites is 2. The van der Waals surface area contributed by atoms with Gasteiger partial charge in [0.1, 0.15) is 0 Å². The van der Waals surface area contributed by atoms with Crippen molar-refractivity contribution in [1.82, 2.24) is 4.48 Å². The maximum absolute atomic E-state index is 2.63. The maximum atomic E-state index is 2.63. The second-order valence-electron chi connectivity index (χ2n) is 12.6. The molecule has 0 N–H and O–H groups in total. The molecule has 3 heteroatoms. The summed E-state index contributed by atoms with van der Waals surface area (Å²) in [7, 11) is 0. The van der Waals surface area contributed by atoms with Crippen molar-refractivity contribution in [3.8, 4) is 11.1 Å². The Balaban J connectivity index is 1.31. The minimum absolute atomic E-state index is 0.0519. The van der Waals surface area contributed by atoms with Gasteiger partial charge in [-0.25, -0.2) is 0 Å². The number of anilines is 3. The lowest BCUT2D eigenvalue weighted by Crippen LogP contribution is -2.56. The lowest BCUT2D eigenvalue weighted by Gasteiger charge is -2.40. The average Bonchev–Trinajstić information content (AvgIpc) is 3.43. The minimum Gasteiger partial charge on any atom is -0.375 e. The fourth-order valence-electron chi connectivity index (χ4n) is 8.37. The molecule has 2 aliphatic heterocycles. The molecule has 2 nitrogen and oxygen atoms in total. The summed E-state index contributed by atoms with van der Waals surface area (Å²) in [5.41, 5.74) is 11.6. The maximum Gasteiger partial charge on any atom is 0.333 e. The Morgan fingerprint density at radius 2 is 1.09 bits per heavy atom. The first-order valence-corrected chi connectivity index (χ1v) is 15.7. The molecule has 0 fully saturated rings. The topological polar surface area (TPSA) is 8.17 Å². The Kier molecular flexibility index (Phi) is 4.43. The van der Waals surface area contributed by atoms with Crippen LogP contribution in [0.2, 0.25) is 0 Å². The zero-order chi connectivity index (χ0) is 29.2. The van der Waals surface area contributed by atoms with Crippen LogP contribution in [-0.4, -0.2) is 11.3 Å². The number of benzene rings is 8. The van der Waals surface area contributed by atoms with E-state index in [1.54, 1.807) is 0 Å². The highest BCUT2D eigenvalue weighted by molar-refractivity contribution is 6.90. The van der Waals surface area contributed by atoms with E-state index >= 15 is 0 Å². The van der Waals surface area contributed by atoms with E-state index in [1.165, 1.54) is 93.2 Å². The SMILES string of the molecule is c1cc2c3c(c1)N(c1ccc4ccccc4c1)c1cc4cc5ccccc5cc4cc1B3n1c3ccccc3c3cccc-2c31. The second-order valence-corrected chi connectivity index (χ2v) is 12.6. The Bertz CT molecular complexity index is 2740. The number of hydrogen-bond acceptors (Lipinski definition) is 1. The van der Waals surface area contributed by atoms with Crippen molar-refractivity contribution in [3.63, 3.8) is 0 Å². The van der Waals surface area contributed by atoms with Crippen LogP contribution in [0.25, 0.3) is 65.3 Å². The van der Waals surface area contributed by atoms with Gasteiger partial charge in [0.05, 0.1) is 0 Å². The van der Waals surface area contributed by atoms with Crippen LogP contribution in [0.3, 0.4) is 0 Å². The van der Waals surface area contributed by atoms with Crippen molar-refractivity contribution in [2.75, 3.05) is 4.90 Å². The Hall–Kier alpha value is -5.80. The first kappa shape index (κ1) is 23.6. The highest BCUT2D eigenvalue weighted by Crippen LogP contribution is 2.46. The summed E-state index contributed by atoms with van der Waals surface area (Å²) in [5.74, 6) is 0. The van der Waals surface area contributed by atoms with Crippen molar-refractivity contribution in [2.24, 2.45) is 0 Å². The number of fused-ring (bicyclic) bond motifs is 10. The molecule has 0 saturated heterocycles. The molecule has 45 heavy (non-hydrogen) atoms. The van der Waals surface area contributed by atoms with Crippen molar-refractivity contribution < 1.29 is 0 Å². The van der Waals surface area contributed by atoms with Gasteiger partial charge in [0.25, 0.3) is 0 Å². The van der Waals surface area contributed by atoms with E-state index in [4.69, 9.17) is 0 Å². The van der Waals surface area contributed by atoms with Gasteiger partial charge in [-0.05, 0) is 91.3 Å². The Morgan fingerprint density at radius 1 is 0.422 bits per heavy atom. The molecule has 0 amide bonds.